The lowest BCUT2D eigenvalue weighted by Crippen LogP contribution is -2.65. The molecule has 0 amide bonds. The molecule has 2 aromatic carbocycles. The summed E-state index contributed by atoms with van der Waals surface area (Å²) in [4.78, 5) is 13.9. The summed E-state index contributed by atoms with van der Waals surface area (Å²) in [6, 6.07) is 5.62. The Labute approximate surface area is 314 Å². The highest BCUT2D eigenvalue weighted by molar-refractivity contribution is 5.88. The van der Waals surface area contributed by atoms with Gasteiger partial charge in [0.05, 0.1) is 26.9 Å². The predicted octanol–water partition coefficient (Wildman–Crippen LogP) is -4.59. The van der Waals surface area contributed by atoms with Crippen molar-refractivity contribution in [2.24, 2.45) is 0 Å². The minimum Gasteiger partial charge on any atom is -0.508 e. The van der Waals surface area contributed by atoms with Crippen LogP contribution in [0.25, 0.3) is 22.3 Å². The Kier molecular flexibility index (Phi) is 12.6. The molecule has 3 aliphatic rings. The maximum absolute atomic E-state index is 13.9. The number of hydrogen-bond acceptors (Lipinski definition) is 22. The number of hydrogen-bond donors (Lipinski definition) is 13. The second-order valence-corrected chi connectivity index (χ2v) is 13.3. The molecular formula is C34H42O22. The van der Waals surface area contributed by atoms with Gasteiger partial charge >= 0.3 is 0 Å². The quantitative estimate of drug-likeness (QED) is 0.0867. The van der Waals surface area contributed by atoms with Crippen LogP contribution in [-0.2, 0) is 23.7 Å². The molecule has 13 N–H and O–H groups in total. The lowest BCUT2D eigenvalue weighted by atomic mass is 9.97. The zero-order valence-corrected chi connectivity index (χ0v) is 29.2. The molecule has 6 unspecified atom stereocenters. The van der Waals surface area contributed by atoms with Gasteiger partial charge in [-0.1, -0.05) is 0 Å². The molecule has 3 aromatic rings. The van der Waals surface area contributed by atoms with E-state index in [1.165, 1.54) is 25.3 Å². The first-order chi connectivity index (χ1) is 26.6. The maximum atomic E-state index is 13.9. The molecule has 3 fully saturated rings. The number of aromatic hydroxyl groups is 3. The summed E-state index contributed by atoms with van der Waals surface area (Å²) < 4.78 is 44.8. The monoisotopic (exact) mass is 802 g/mol. The van der Waals surface area contributed by atoms with E-state index < -0.39 is 140 Å². The number of aliphatic hydroxyl groups is 10. The van der Waals surface area contributed by atoms with Crippen molar-refractivity contribution >= 4 is 11.0 Å². The van der Waals surface area contributed by atoms with Crippen molar-refractivity contribution in [1.82, 2.24) is 0 Å². The normalized spacial score (nSPS) is 36.4. The summed E-state index contributed by atoms with van der Waals surface area (Å²) in [6.45, 7) is -2.49. The lowest BCUT2D eigenvalue weighted by Gasteiger charge is -2.46. The summed E-state index contributed by atoms with van der Waals surface area (Å²) in [6.07, 6.45) is -27.5. The largest absolute Gasteiger partial charge is 0.508 e. The second kappa shape index (κ2) is 16.9. The number of phenols is 3. The van der Waals surface area contributed by atoms with Crippen molar-refractivity contribution in [1.29, 1.82) is 0 Å². The Morgan fingerprint density at radius 3 is 1.89 bits per heavy atom. The van der Waals surface area contributed by atoms with Gasteiger partial charge in [-0.2, -0.15) is 0 Å². The molecule has 310 valence electrons. The molecule has 0 aliphatic carbocycles. The van der Waals surface area contributed by atoms with Gasteiger partial charge in [0, 0.05) is 17.7 Å². The van der Waals surface area contributed by atoms with Crippen molar-refractivity contribution in [3.8, 4) is 40.1 Å². The van der Waals surface area contributed by atoms with Crippen molar-refractivity contribution in [2.45, 2.75) is 92.1 Å². The molecule has 56 heavy (non-hydrogen) atoms. The average molecular weight is 803 g/mol. The number of rotatable bonds is 11. The summed E-state index contributed by atoms with van der Waals surface area (Å²) in [5.74, 6) is -2.66. The van der Waals surface area contributed by atoms with E-state index in [1.807, 2.05) is 0 Å². The van der Waals surface area contributed by atoms with Crippen molar-refractivity contribution in [2.75, 3.05) is 26.9 Å². The molecule has 22 heteroatoms. The minimum atomic E-state index is -2.07. The first-order valence-electron chi connectivity index (χ1n) is 17.1. The fraction of sp³-hybridized carbons (Fsp3) is 0.559. The third-order valence-corrected chi connectivity index (χ3v) is 9.65. The molecule has 0 saturated carbocycles. The standard InChI is InChI=1S/C34H42O22/c1-49-14-4-10(2-3-12(14)38)29-30(23(43)19-13(39)5-11(37)6-15(19)51-29)55-33-28(48)25(45)22(42)18(54-33)9-50-34-31(26(46)21(41)17(8-36)53-34)56-32-27(47)24(44)20(40)16(7-35)52-32/h2-6,16-18,20-22,24-28,31-42,44-48H,7-9H2,1H3/t16?,17?,18?,20-,21-,22-,24?,25?,26?,27+,28+,31+,32+,33+,34-/m1/s1. The molecular weight excluding hydrogens is 760 g/mol. The third-order valence-electron chi connectivity index (χ3n) is 9.65. The zero-order valence-electron chi connectivity index (χ0n) is 29.2. The Hall–Kier alpha value is -3.95. The van der Waals surface area contributed by atoms with Crippen molar-refractivity contribution in [3.05, 3.63) is 40.6 Å². The molecule has 15 atom stereocenters. The van der Waals surface area contributed by atoms with E-state index in [9.17, 15) is 71.2 Å². The van der Waals surface area contributed by atoms with E-state index in [4.69, 9.17) is 37.6 Å². The molecule has 0 bridgehead atoms. The van der Waals surface area contributed by atoms with E-state index in [0.29, 0.717) is 0 Å². The van der Waals surface area contributed by atoms with E-state index in [0.717, 1.165) is 12.1 Å². The van der Waals surface area contributed by atoms with Gasteiger partial charge in [0.1, 0.15) is 95.7 Å². The van der Waals surface area contributed by atoms with E-state index in [-0.39, 0.29) is 28.4 Å². The Morgan fingerprint density at radius 2 is 1.25 bits per heavy atom. The van der Waals surface area contributed by atoms with E-state index >= 15 is 0 Å². The lowest BCUT2D eigenvalue weighted by molar-refractivity contribution is -0.372. The van der Waals surface area contributed by atoms with Gasteiger partial charge in [-0.05, 0) is 18.2 Å². The van der Waals surface area contributed by atoms with Crippen LogP contribution in [0.2, 0.25) is 0 Å². The van der Waals surface area contributed by atoms with Crippen molar-refractivity contribution in [3.63, 3.8) is 0 Å². The third kappa shape index (κ3) is 7.83. The number of fused-ring (bicyclic) bond motifs is 1. The highest BCUT2D eigenvalue weighted by Gasteiger charge is 2.52. The zero-order chi connectivity index (χ0) is 40.7. The maximum Gasteiger partial charge on any atom is 0.239 e. The fourth-order valence-electron chi connectivity index (χ4n) is 6.51. The summed E-state index contributed by atoms with van der Waals surface area (Å²) in [7, 11) is 1.25. The molecule has 3 aliphatic heterocycles. The summed E-state index contributed by atoms with van der Waals surface area (Å²) >= 11 is 0. The molecule has 0 spiro atoms. The van der Waals surface area contributed by atoms with Gasteiger partial charge in [-0.15, -0.1) is 0 Å². The van der Waals surface area contributed by atoms with Crippen LogP contribution in [-0.4, -0.2) is 185 Å². The predicted molar refractivity (Wildman–Crippen MR) is 179 cm³/mol. The van der Waals surface area contributed by atoms with Crippen LogP contribution in [0.15, 0.2) is 39.5 Å². The molecule has 22 nitrogen and oxygen atoms in total. The molecule has 0 radical (unpaired) electrons. The van der Waals surface area contributed by atoms with Gasteiger partial charge in [-0.25, -0.2) is 0 Å². The minimum absolute atomic E-state index is 0.0429. The molecule has 1 aromatic heterocycles. The molecule has 3 saturated heterocycles. The first-order valence-corrected chi connectivity index (χ1v) is 17.1. The molecule has 6 rings (SSSR count). The van der Waals surface area contributed by atoms with Crippen molar-refractivity contribution < 1.29 is 104 Å². The highest BCUT2D eigenvalue weighted by Crippen LogP contribution is 2.40. The number of methoxy groups -OCH3 is 1. The van der Waals surface area contributed by atoms with Crippen LogP contribution in [0.3, 0.4) is 0 Å². The number of phenolic OH excluding ortho intramolecular Hbond substituents is 3. The topological polar surface area (TPSA) is 358 Å². The van der Waals surface area contributed by atoms with Gasteiger partial charge in [0.15, 0.2) is 29.8 Å². The van der Waals surface area contributed by atoms with Gasteiger partial charge < -0.3 is 104 Å². The van der Waals surface area contributed by atoms with Crippen LogP contribution in [0.1, 0.15) is 0 Å². The van der Waals surface area contributed by atoms with Gasteiger partial charge in [-0.3, -0.25) is 4.79 Å². The SMILES string of the molecule is COc1cc(-c2oc3cc(O)cc(O)c3c(=O)c2O[C@@H]2OC(CO[C@@H]3OC(CO)[C@@H](O)C(O)[C@@H]3O[C@@H]3OC(CO)[C@@H](O)C(O)[C@@H]3O)[C@@H](O)C(O)[C@@H]2O)ccc1O. The summed E-state index contributed by atoms with van der Waals surface area (Å²) in [5.41, 5.74) is -1.32. The summed E-state index contributed by atoms with van der Waals surface area (Å²) in [5, 5.41) is 135. The number of ether oxygens (including phenoxy) is 7. The Bertz CT molecular complexity index is 1890. The fourth-order valence-corrected chi connectivity index (χ4v) is 6.51. The van der Waals surface area contributed by atoms with E-state index in [1.54, 1.807) is 0 Å². The van der Waals surface area contributed by atoms with Gasteiger partial charge in [0.2, 0.25) is 17.5 Å². The van der Waals surface area contributed by atoms with E-state index in [2.05, 4.69) is 0 Å². The van der Waals surface area contributed by atoms with Crippen LogP contribution in [0, 0.1) is 0 Å². The Morgan fingerprint density at radius 1 is 0.661 bits per heavy atom. The number of aliphatic hydroxyl groups excluding tert-OH is 10. The van der Waals surface area contributed by atoms with Crippen LogP contribution < -0.4 is 14.9 Å². The Balaban J connectivity index is 1.28. The first kappa shape index (κ1) is 41.7. The smallest absolute Gasteiger partial charge is 0.239 e. The average Bonchev–Trinajstić information content (AvgIpc) is 3.17. The number of benzene rings is 2. The second-order valence-electron chi connectivity index (χ2n) is 13.3. The van der Waals surface area contributed by atoms with Crippen LogP contribution in [0.4, 0.5) is 0 Å². The van der Waals surface area contributed by atoms with Crippen LogP contribution >= 0.6 is 0 Å². The molecule has 4 heterocycles. The van der Waals surface area contributed by atoms with Gasteiger partial charge in [0.25, 0.3) is 0 Å². The van der Waals surface area contributed by atoms with Crippen LogP contribution in [0.5, 0.6) is 28.7 Å². The highest BCUT2D eigenvalue weighted by atomic mass is 16.8.